The van der Waals surface area contributed by atoms with Crippen molar-refractivity contribution >= 4 is 27.3 Å². The van der Waals surface area contributed by atoms with Gasteiger partial charge >= 0.3 is 6.36 Å². The maximum atomic E-state index is 12.7. The van der Waals surface area contributed by atoms with Crippen LogP contribution >= 0.6 is 11.3 Å². The number of hydrogen-bond acceptors (Lipinski definition) is 5. The molecule has 1 saturated carbocycles. The number of carbonyl (C=O) groups excluding carboxylic acids is 1. The predicted octanol–water partition coefficient (Wildman–Crippen LogP) is 3.23. The van der Waals surface area contributed by atoms with E-state index in [9.17, 15) is 26.4 Å². The third-order valence-electron chi connectivity index (χ3n) is 5.20. The van der Waals surface area contributed by atoms with Crippen LogP contribution in [-0.4, -0.2) is 44.2 Å². The summed E-state index contributed by atoms with van der Waals surface area (Å²) < 4.78 is 68.4. The smallest absolute Gasteiger partial charge is 0.406 e. The van der Waals surface area contributed by atoms with Crippen LogP contribution < -0.4 is 9.46 Å². The van der Waals surface area contributed by atoms with Crippen LogP contribution in [0.2, 0.25) is 0 Å². The summed E-state index contributed by atoms with van der Waals surface area (Å²) in [6.07, 6.45) is -3.58. The van der Waals surface area contributed by atoms with E-state index < -0.39 is 16.4 Å². The topological polar surface area (TPSA) is 75.7 Å². The molecule has 1 amide bonds. The molecule has 3 unspecified atom stereocenters. The number of halogens is 3. The zero-order chi connectivity index (χ0) is 20.8. The maximum Gasteiger partial charge on any atom is 0.573 e. The number of carbonyl (C=O) groups is 1. The first-order chi connectivity index (χ1) is 13.6. The molecule has 2 fully saturated rings. The molecule has 2 heterocycles. The first-order valence-corrected chi connectivity index (χ1v) is 11.2. The van der Waals surface area contributed by atoms with Gasteiger partial charge in [-0.25, -0.2) is 13.1 Å². The van der Waals surface area contributed by atoms with Crippen molar-refractivity contribution in [2.24, 2.45) is 5.92 Å². The number of nitrogens with one attached hydrogen (secondary N) is 1. The molecular weight excluding hydrogens is 429 g/mol. The Labute approximate surface area is 169 Å². The van der Waals surface area contributed by atoms with Crippen LogP contribution in [0, 0.1) is 5.92 Å². The molecule has 2 bridgehead atoms. The van der Waals surface area contributed by atoms with E-state index in [4.69, 9.17) is 0 Å². The molecule has 1 N–H and O–H groups in total. The highest BCUT2D eigenvalue weighted by molar-refractivity contribution is 7.91. The average molecular weight is 446 g/mol. The highest BCUT2D eigenvalue weighted by Crippen LogP contribution is 2.39. The summed E-state index contributed by atoms with van der Waals surface area (Å²) in [6, 6.07) is 7.68. The summed E-state index contributed by atoms with van der Waals surface area (Å²) in [7, 11) is -3.57. The Hall–Kier alpha value is -2.11. The van der Waals surface area contributed by atoms with Gasteiger partial charge in [-0.1, -0.05) is 6.07 Å². The minimum atomic E-state index is -4.79. The first kappa shape index (κ1) is 20.2. The third kappa shape index (κ3) is 4.26. The molecule has 4 rings (SSSR count). The van der Waals surface area contributed by atoms with E-state index in [1.165, 1.54) is 12.1 Å². The fourth-order valence-electron chi connectivity index (χ4n) is 3.99. The zero-order valence-electron chi connectivity index (χ0n) is 14.9. The van der Waals surface area contributed by atoms with Crippen molar-refractivity contribution in [3.63, 3.8) is 0 Å². The summed E-state index contributed by atoms with van der Waals surface area (Å²) >= 11 is 1.14. The molecule has 1 aromatic carbocycles. The first-order valence-electron chi connectivity index (χ1n) is 8.85. The molecule has 0 radical (unpaired) electrons. The molecule has 2 aromatic rings. The lowest BCUT2D eigenvalue weighted by atomic mass is 10.0. The van der Waals surface area contributed by atoms with Crippen molar-refractivity contribution in [3.8, 4) is 5.75 Å². The van der Waals surface area contributed by atoms with Gasteiger partial charge in [0.1, 0.15) is 9.96 Å². The second-order valence-corrected chi connectivity index (χ2v) is 9.96. The van der Waals surface area contributed by atoms with Gasteiger partial charge in [0.15, 0.2) is 0 Å². The molecule has 3 atom stereocenters. The van der Waals surface area contributed by atoms with Gasteiger partial charge in [-0.15, -0.1) is 24.5 Å². The lowest BCUT2D eigenvalue weighted by molar-refractivity contribution is -0.274. The van der Waals surface area contributed by atoms with Crippen molar-refractivity contribution in [3.05, 3.63) is 47.3 Å². The van der Waals surface area contributed by atoms with Crippen LogP contribution in [0.3, 0.4) is 0 Å². The van der Waals surface area contributed by atoms with E-state index in [2.05, 4.69) is 9.46 Å². The molecule has 11 heteroatoms. The molecule has 1 saturated heterocycles. The Bertz CT molecular complexity index is 991. The van der Waals surface area contributed by atoms with Crippen molar-refractivity contribution < 1.29 is 31.1 Å². The van der Waals surface area contributed by atoms with Gasteiger partial charge in [-0.05, 0) is 54.5 Å². The average Bonchev–Trinajstić information content (AvgIpc) is 3.37. The zero-order valence-corrected chi connectivity index (χ0v) is 16.6. The quantitative estimate of drug-likeness (QED) is 0.765. The number of ether oxygens (including phenoxy) is 1. The molecule has 1 aliphatic carbocycles. The van der Waals surface area contributed by atoms with Gasteiger partial charge in [-0.2, -0.15) is 0 Å². The van der Waals surface area contributed by atoms with E-state index in [0.717, 1.165) is 23.5 Å². The van der Waals surface area contributed by atoms with Gasteiger partial charge in [0.05, 0.1) is 0 Å². The standard InChI is InChI=1S/C18H17F3N2O4S2/c19-18(20,21)27-14-5-3-11(4-6-14)17(24)23-10-12-8-13(23)9-15(12)22-29(25,26)16-2-1-7-28-16/h1-7,12-13,15,22H,8-10H2. The second kappa shape index (κ2) is 7.29. The molecule has 6 nitrogen and oxygen atoms in total. The van der Waals surface area contributed by atoms with Crippen molar-refractivity contribution in [2.45, 2.75) is 35.5 Å². The Balaban J connectivity index is 1.39. The number of thiophene rings is 1. The van der Waals surface area contributed by atoms with Crippen molar-refractivity contribution in [2.75, 3.05) is 6.54 Å². The van der Waals surface area contributed by atoms with E-state index in [0.29, 0.717) is 19.4 Å². The number of likely N-dealkylation sites (tertiary alicyclic amines) is 1. The molecular formula is C18H17F3N2O4S2. The molecule has 0 spiro atoms. The van der Waals surface area contributed by atoms with Crippen LogP contribution in [0.5, 0.6) is 5.75 Å². The third-order valence-corrected chi connectivity index (χ3v) is 8.09. The summed E-state index contributed by atoms with van der Waals surface area (Å²) in [6.45, 7) is 0.405. The highest BCUT2D eigenvalue weighted by atomic mass is 32.2. The SMILES string of the molecule is O=C(c1ccc(OC(F)(F)F)cc1)N1CC2CC1CC2NS(=O)(=O)c1cccs1. The van der Waals surface area contributed by atoms with Crippen LogP contribution in [0.15, 0.2) is 46.0 Å². The van der Waals surface area contributed by atoms with Gasteiger partial charge in [0, 0.05) is 24.2 Å². The van der Waals surface area contributed by atoms with E-state index in [-0.39, 0.29) is 39.4 Å². The Morgan fingerprint density at radius 2 is 1.90 bits per heavy atom. The molecule has 1 aromatic heterocycles. The van der Waals surface area contributed by atoms with E-state index in [1.807, 2.05) is 0 Å². The lowest BCUT2D eigenvalue weighted by Crippen LogP contribution is -2.47. The fraction of sp³-hybridized carbons (Fsp3) is 0.389. The molecule has 2 aliphatic rings. The van der Waals surface area contributed by atoms with Gasteiger partial charge in [0.2, 0.25) is 10.0 Å². The van der Waals surface area contributed by atoms with Gasteiger partial charge in [-0.3, -0.25) is 4.79 Å². The number of sulfonamides is 1. The van der Waals surface area contributed by atoms with Gasteiger partial charge in [0.25, 0.3) is 5.91 Å². The predicted molar refractivity (Wildman–Crippen MR) is 99.1 cm³/mol. The number of hydrogen-bond donors (Lipinski definition) is 1. The molecule has 29 heavy (non-hydrogen) atoms. The number of alkyl halides is 3. The molecule has 1 aliphatic heterocycles. The minimum absolute atomic E-state index is 0.00604. The Morgan fingerprint density at radius 1 is 1.17 bits per heavy atom. The number of rotatable bonds is 5. The van der Waals surface area contributed by atoms with Crippen LogP contribution in [-0.2, 0) is 10.0 Å². The maximum absolute atomic E-state index is 12.7. The Kier molecular flexibility index (Phi) is 5.07. The van der Waals surface area contributed by atoms with Crippen LogP contribution in [0.1, 0.15) is 23.2 Å². The number of nitrogens with zero attached hydrogens (tertiary/aromatic N) is 1. The monoisotopic (exact) mass is 446 g/mol. The molecule has 156 valence electrons. The number of amides is 1. The number of benzene rings is 1. The number of piperidine rings is 1. The van der Waals surface area contributed by atoms with Crippen LogP contribution in [0.4, 0.5) is 13.2 Å². The summed E-state index contributed by atoms with van der Waals surface area (Å²) in [4.78, 5) is 14.4. The summed E-state index contributed by atoms with van der Waals surface area (Å²) in [5.74, 6) is -0.665. The summed E-state index contributed by atoms with van der Waals surface area (Å²) in [5.41, 5.74) is 0.266. The van der Waals surface area contributed by atoms with Gasteiger partial charge < -0.3 is 9.64 Å². The highest BCUT2D eigenvalue weighted by Gasteiger charge is 2.47. The fourth-order valence-corrected chi connectivity index (χ4v) is 6.31. The lowest BCUT2D eigenvalue weighted by Gasteiger charge is -2.31. The van der Waals surface area contributed by atoms with Crippen molar-refractivity contribution in [1.82, 2.24) is 9.62 Å². The second-order valence-electron chi connectivity index (χ2n) is 7.07. The van der Waals surface area contributed by atoms with E-state index >= 15 is 0 Å². The number of fused-ring (bicyclic) bond motifs is 2. The summed E-state index contributed by atoms with van der Waals surface area (Å²) in [5, 5.41) is 1.70. The largest absolute Gasteiger partial charge is 0.573 e. The van der Waals surface area contributed by atoms with E-state index in [1.54, 1.807) is 22.4 Å². The van der Waals surface area contributed by atoms with Crippen LogP contribution in [0.25, 0.3) is 0 Å². The Morgan fingerprint density at radius 3 is 2.45 bits per heavy atom. The van der Waals surface area contributed by atoms with Crippen molar-refractivity contribution in [1.29, 1.82) is 0 Å². The normalized spacial score (nSPS) is 24.1. The minimum Gasteiger partial charge on any atom is -0.406 e.